The minimum Gasteiger partial charge on any atom is -0.355 e. The van der Waals surface area contributed by atoms with E-state index in [2.05, 4.69) is 16.0 Å². The SMILES string of the molecule is Cc1ccc(CCC(=O)NCC(=O)NCCC2CCCNC2)cc1.Cl. The molecule has 1 aromatic carbocycles. The average molecular weight is 368 g/mol. The minimum absolute atomic E-state index is 0. The third-order valence-electron chi connectivity index (χ3n) is 4.48. The van der Waals surface area contributed by atoms with Crippen LogP contribution in [-0.4, -0.2) is 38.0 Å². The first-order valence-electron chi connectivity index (χ1n) is 8.93. The van der Waals surface area contributed by atoms with Crippen LogP contribution in [0.15, 0.2) is 24.3 Å². The second-order valence-electron chi connectivity index (χ2n) is 6.61. The Morgan fingerprint density at radius 3 is 2.60 bits per heavy atom. The molecule has 6 heteroatoms. The molecule has 2 rings (SSSR count). The van der Waals surface area contributed by atoms with Gasteiger partial charge in [-0.1, -0.05) is 29.8 Å². The number of hydrogen-bond acceptors (Lipinski definition) is 3. The van der Waals surface area contributed by atoms with E-state index in [1.165, 1.54) is 18.4 Å². The zero-order valence-electron chi connectivity index (χ0n) is 15.0. The van der Waals surface area contributed by atoms with Crippen LogP contribution < -0.4 is 16.0 Å². The first-order valence-corrected chi connectivity index (χ1v) is 8.93. The van der Waals surface area contributed by atoms with Crippen LogP contribution in [0.2, 0.25) is 0 Å². The van der Waals surface area contributed by atoms with Crippen molar-refractivity contribution in [3.8, 4) is 0 Å². The topological polar surface area (TPSA) is 70.2 Å². The molecule has 1 unspecified atom stereocenters. The number of carbonyl (C=O) groups is 2. The van der Waals surface area contributed by atoms with E-state index in [0.717, 1.165) is 25.1 Å². The number of hydrogen-bond donors (Lipinski definition) is 3. The Hall–Kier alpha value is -1.59. The first kappa shape index (κ1) is 21.5. The van der Waals surface area contributed by atoms with E-state index in [-0.39, 0.29) is 30.8 Å². The Labute approximate surface area is 156 Å². The van der Waals surface area contributed by atoms with Gasteiger partial charge < -0.3 is 16.0 Å². The van der Waals surface area contributed by atoms with Crippen molar-refractivity contribution in [3.05, 3.63) is 35.4 Å². The predicted molar refractivity (Wildman–Crippen MR) is 103 cm³/mol. The second-order valence-corrected chi connectivity index (χ2v) is 6.61. The fourth-order valence-electron chi connectivity index (χ4n) is 2.93. The van der Waals surface area contributed by atoms with Crippen LogP contribution >= 0.6 is 12.4 Å². The summed E-state index contributed by atoms with van der Waals surface area (Å²) in [6.45, 7) is 4.95. The molecular weight excluding hydrogens is 338 g/mol. The van der Waals surface area contributed by atoms with Gasteiger partial charge in [-0.05, 0) is 57.2 Å². The molecule has 1 aliphatic rings. The van der Waals surface area contributed by atoms with Crippen LogP contribution in [0.25, 0.3) is 0 Å². The lowest BCUT2D eigenvalue weighted by Gasteiger charge is -2.22. The summed E-state index contributed by atoms with van der Waals surface area (Å²) in [5.41, 5.74) is 2.35. The van der Waals surface area contributed by atoms with E-state index in [0.29, 0.717) is 25.3 Å². The summed E-state index contributed by atoms with van der Waals surface area (Å²) in [5, 5.41) is 8.95. The summed E-state index contributed by atoms with van der Waals surface area (Å²) in [6.07, 6.45) is 4.56. The molecule has 2 amide bonds. The van der Waals surface area contributed by atoms with Gasteiger partial charge in [-0.2, -0.15) is 0 Å². The third-order valence-corrected chi connectivity index (χ3v) is 4.48. The smallest absolute Gasteiger partial charge is 0.239 e. The van der Waals surface area contributed by atoms with Crippen LogP contribution in [0.1, 0.15) is 36.8 Å². The quantitative estimate of drug-likeness (QED) is 0.658. The Balaban J connectivity index is 0.00000312. The Bertz CT molecular complexity index is 528. The largest absolute Gasteiger partial charge is 0.355 e. The highest BCUT2D eigenvalue weighted by Crippen LogP contribution is 2.12. The number of nitrogens with one attached hydrogen (secondary N) is 3. The van der Waals surface area contributed by atoms with Crippen molar-refractivity contribution in [1.82, 2.24) is 16.0 Å². The molecule has 1 aromatic rings. The lowest BCUT2D eigenvalue weighted by Crippen LogP contribution is -2.38. The molecule has 0 aromatic heterocycles. The van der Waals surface area contributed by atoms with Gasteiger partial charge in [-0.25, -0.2) is 0 Å². The van der Waals surface area contributed by atoms with Gasteiger partial charge in [0.1, 0.15) is 0 Å². The zero-order chi connectivity index (χ0) is 17.2. The van der Waals surface area contributed by atoms with E-state index in [4.69, 9.17) is 0 Å². The number of piperidine rings is 1. The van der Waals surface area contributed by atoms with Crippen molar-refractivity contribution in [2.45, 2.75) is 39.0 Å². The second kappa shape index (κ2) is 11.9. The normalized spacial score (nSPS) is 16.6. The number of rotatable bonds is 8. The molecule has 0 radical (unpaired) electrons. The van der Waals surface area contributed by atoms with Crippen molar-refractivity contribution in [2.24, 2.45) is 5.92 Å². The Morgan fingerprint density at radius 2 is 1.92 bits per heavy atom. The molecule has 25 heavy (non-hydrogen) atoms. The summed E-state index contributed by atoms with van der Waals surface area (Å²) in [7, 11) is 0. The molecule has 140 valence electrons. The summed E-state index contributed by atoms with van der Waals surface area (Å²) in [5.74, 6) is 0.466. The molecule has 5 nitrogen and oxygen atoms in total. The van der Waals surface area contributed by atoms with E-state index < -0.39 is 0 Å². The zero-order valence-corrected chi connectivity index (χ0v) is 15.8. The number of carbonyl (C=O) groups excluding carboxylic acids is 2. The number of benzene rings is 1. The summed E-state index contributed by atoms with van der Waals surface area (Å²) in [4.78, 5) is 23.6. The maximum absolute atomic E-state index is 11.8. The Morgan fingerprint density at radius 1 is 1.16 bits per heavy atom. The highest BCUT2D eigenvalue weighted by Gasteiger charge is 2.13. The number of halogens is 1. The van der Waals surface area contributed by atoms with Crippen molar-refractivity contribution < 1.29 is 9.59 Å². The van der Waals surface area contributed by atoms with Gasteiger partial charge in [0.15, 0.2) is 0 Å². The van der Waals surface area contributed by atoms with Crippen LogP contribution in [0.3, 0.4) is 0 Å². The van der Waals surface area contributed by atoms with E-state index in [9.17, 15) is 9.59 Å². The molecule has 1 atom stereocenters. The maximum atomic E-state index is 11.8. The van der Waals surface area contributed by atoms with Gasteiger partial charge >= 0.3 is 0 Å². The molecule has 0 spiro atoms. The van der Waals surface area contributed by atoms with E-state index >= 15 is 0 Å². The molecular formula is C19H30ClN3O2. The van der Waals surface area contributed by atoms with E-state index in [1.807, 2.05) is 31.2 Å². The summed E-state index contributed by atoms with van der Waals surface area (Å²) in [6, 6.07) is 8.16. The van der Waals surface area contributed by atoms with Crippen LogP contribution in [-0.2, 0) is 16.0 Å². The van der Waals surface area contributed by atoms with Gasteiger partial charge in [0, 0.05) is 13.0 Å². The lowest BCUT2D eigenvalue weighted by molar-refractivity contribution is -0.126. The van der Waals surface area contributed by atoms with Gasteiger partial charge in [-0.3, -0.25) is 9.59 Å². The molecule has 0 bridgehead atoms. The molecule has 1 aliphatic heterocycles. The van der Waals surface area contributed by atoms with Gasteiger partial charge in [0.25, 0.3) is 0 Å². The van der Waals surface area contributed by atoms with Crippen LogP contribution in [0.5, 0.6) is 0 Å². The molecule has 1 fully saturated rings. The molecule has 3 N–H and O–H groups in total. The maximum Gasteiger partial charge on any atom is 0.239 e. The van der Waals surface area contributed by atoms with Crippen molar-refractivity contribution >= 4 is 24.2 Å². The fourth-order valence-corrected chi connectivity index (χ4v) is 2.93. The lowest BCUT2D eigenvalue weighted by atomic mass is 9.96. The van der Waals surface area contributed by atoms with Crippen molar-refractivity contribution in [1.29, 1.82) is 0 Å². The fraction of sp³-hybridized carbons (Fsp3) is 0.579. The van der Waals surface area contributed by atoms with Gasteiger partial charge in [0.2, 0.25) is 11.8 Å². The molecule has 0 aliphatic carbocycles. The minimum atomic E-state index is -0.109. The number of amides is 2. The first-order chi connectivity index (χ1) is 11.6. The molecule has 0 saturated carbocycles. The van der Waals surface area contributed by atoms with Crippen molar-refractivity contribution in [2.75, 3.05) is 26.2 Å². The average Bonchev–Trinajstić information content (AvgIpc) is 2.60. The standard InChI is InChI=1S/C19H29N3O2.ClH/c1-15-4-6-16(7-5-15)8-9-18(23)22-14-19(24)21-12-10-17-3-2-11-20-13-17;/h4-7,17,20H,2-3,8-14H2,1H3,(H,21,24)(H,22,23);1H. The van der Waals surface area contributed by atoms with Crippen molar-refractivity contribution in [3.63, 3.8) is 0 Å². The number of aryl methyl sites for hydroxylation is 2. The Kier molecular flexibility index (Phi) is 10.2. The van der Waals surface area contributed by atoms with Crippen LogP contribution in [0, 0.1) is 12.8 Å². The highest BCUT2D eigenvalue weighted by molar-refractivity contribution is 5.85. The summed E-state index contributed by atoms with van der Waals surface area (Å²) < 4.78 is 0. The highest BCUT2D eigenvalue weighted by atomic mass is 35.5. The third kappa shape index (κ3) is 8.89. The van der Waals surface area contributed by atoms with Gasteiger partial charge in [-0.15, -0.1) is 12.4 Å². The van der Waals surface area contributed by atoms with Crippen LogP contribution in [0.4, 0.5) is 0 Å². The monoisotopic (exact) mass is 367 g/mol. The summed E-state index contributed by atoms with van der Waals surface area (Å²) >= 11 is 0. The predicted octanol–water partition coefficient (Wildman–Crippen LogP) is 1.97. The van der Waals surface area contributed by atoms with E-state index in [1.54, 1.807) is 0 Å². The van der Waals surface area contributed by atoms with Gasteiger partial charge in [0.05, 0.1) is 6.54 Å². The molecule has 1 saturated heterocycles. The molecule has 1 heterocycles.